The fourth-order valence-corrected chi connectivity index (χ4v) is 4.04. The van der Waals surface area contributed by atoms with Crippen LogP contribution < -0.4 is 10.6 Å². The highest BCUT2D eigenvalue weighted by atomic mass is 32.2. The number of benzene rings is 1. The Morgan fingerprint density at radius 1 is 1.23 bits per heavy atom. The molecule has 156 valence electrons. The Morgan fingerprint density at radius 3 is 2.80 bits per heavy atom. The van der Waals surface area contributed by atoms with E-state index in [1.165, 1.54) is 23.1 Å². The van der Waals surface area contributed by atoms with Crippen molar-refractivity contribution < 1.29 is 9.59 Å². The Balaban J connectivity index is 1.63. The van der Waals surface area contributed by atoms with Gasteiger partial charge in [0.25, 0.3) is 0 Å². The first-order chi connectivity index (χ1) is 14.6. The molecule has 2 aromatic heterocycles. The van der Waals surface area contributed by atoms with Gasteiger partial charge in [0.2, 0.25) is 11.8 Å². The second kappa shape index (κ2) is 10.7. The monoisotopic (exact) mass is 442 g/mol. The predicted octanol–water partition coefficient (Wildman–Crippen LogP) is 3.40. The predicted molar refractivity (Wildman–Crippen MR) is 120 cm³/mol. The van der Waals surface area contributed by atoms with Gasteiger partial charge in [-0.3, -0.25) is 9.59 Å². The summed E-state index contributed by atoms with van der Waals surface area (Å²) in [6, 6.07) is 7.71. The molecular weight excluding hydrogens is 420 g/mol. The van der Waals surface area contributed by atoms with Crippen molar-refractivity contribution in [1.29, 1.82) is 0 Å². The maximum Gasteiger partial charge on any atom is 0.236 e. The number of carbonyl (C=O) groups is 2. The van der Waals surface area contributed by atoms with Crippen molar-refractivity contribution in [1.82, 2.24) is 19.7 Å². The summed E-state index contributed by atoms with van der Waals surface area (Å²) in [4.78, 5) is 28.7. The molecule has 0 spiro atoms. The lowest BCUT2D eigenvalue weighted by Crippen LogP contribution is -2.19. The van der Waals surface area contributed by atoms with Crippen LogP contribution in [0.15, 0.2) is 53.7 Å². The number of allylic oxidation sites excluding steroid dienone is 1. The smallest absolute Gasteiger partial charge is 0.236 e. The van der Waals surface area contributed by atoms with E-state index in [4.69, 9.17) is 0 Å². The lowest BCUT2D eigenvalue weighted by Gasteiger charge is -2.10. The molecule has 2 N–H and O–H groups in total. The Kier molecular flexibility index (Phi) is 7.75. The molecule has 10 heteroatoms. The summed E-state index contributed by atoms with van der Waals surface area (Å²) in [7, 11) is 0. The summed E-state index contributed by atoms with van der Waals surface area (Å²) in [6.07, 6.45) is 4.24. The van der Waals surface area contributed by atoms with Crippen molar-refractivity contribution in [2.45, 2.75) is 31.5 Å². The minimum absolute atomic E-state index is 0.0742. The highest BCUT2D eigenvalue weighted by molar-refractivity contribution is 7.99. The van der Waals surface area contributed by atoms with Gasteiger partial charge >= 0.3 is 0 Å². The zero-order valence-electron chi connectivity index (χ0n) is 16.5. The molecule has 1 aromatic carbocycles. The number of nitrogens with one attached hydrogen (secondary N) is 2. The Bertz CT molecular complexity index is 1020. The van der Waals surface area contributed by atoms with Gasteiger partial charge in [0.05, 0.1) is 12.2 Å². The molecule has 0 aliphatic rings. The summed E-state index contributed by atoms with van der Waals surface area (Å²) in [5.74, 6) is 0.319. The fourth-order valence-electron chi connectivity index (χ4n) is 2.73. The molecule has 0 saturated carbocycles. The van der Waals surface area contributed by atoms with Crippen molar-refractivity contribution in [2.24, 2.45) is 0 Å². The van der Waals surface area contributed by atoms with Crippen molar-refractivity contribution in [3.63, 3.8) is 0 Å². The number of aromatic nitrogens is 4. The molecule has 2 amide bonds. The van der Waals surface area contributed by atoms with Crippen LogP contribution in [-0.4, -0.2) is 37.3 Å². The van der Waals surface area contributed by atoms with E-state index in [2.05, 4.69) is 32.4 Å². The Morgan fingerprint density at radius 2 is 2.07 bits per heavy atom. The van der Waals surface area contributed by atoms with Gasteiger partial charge in [-0.2, -0.15) is 0 Å². The number of anilines is 2. The molecule has 2 heterocycles. The van der Waals surface area contributed by atoms with Crippen LogP contribution in [0.1, 0.15) is 18.3 Å². The van der Waals surface area contributed by atoms with Gasteiger partial charge in [0.1, 0.15) is 5.82 Å². The minimum Gasteiger partial charge on any atom is -0.325 e. The highest BCUT2D eigenvalue weighted by Gasteiger charge is 2.17. The van der Waals surface area contributed by atoms with E-state index in [9.17, 15) is 9.59 Å². The van der Waals surface area contributed by atoms with E-state index in [1.54, 1.807) is 22.2 Å². The second-order valence-electron chi connectivity index (χ2n) is 6.21. The molecule has 8 nitrogen and oxygen atoms in total. The first-order valence-electron chi connectivity index (χ1n) is 9.33. The molecule has 0 aliphatic carbocycles. The zero-order chi connectivity index (χ0) is 21.3. The molecular formula is C20H22N6O2S2. The number of aryl methyl sites for hydroxylation is 1. The van der Waals surface area contributed by atoms with E-state index >= 15 is 0 Å². The second-order valence-corrected chi connectivity index (χ2v) is 8.04. The largest absolute Gasteiger partial charge is 0.325 e. The lowest BCUT2D eigenvalue weighted by molar-refractivity contribution is -0.116. The summed E-state index contributed by atoms with van der Waals surface area (Å²) >= 11 is 2.60. The van der Waals surface area contributed by atoms with Crippen molar-refractivity contribution in [3.05, 3.63) is 59.9 Å². The molecule has 0 radical (unpaired) electrons. The minimum atomic E-state index is -0.182. The van der Waals surface area contributed by atoms with Gasteiger partial charge in [-0.05, 0) is 18.1 Å². The van der Waals surface area contributed by atoms with Crippen LogP contribution in [0, 0.1) is 0 Å². The number of nitrogens with zero attached hydrogens (tertiary/aromatic N) is 4. The third-order valence-corrected chi connectivity index (χ3v) is 5.76. The summed E-state index contributed by atoms with van der Waals surface area (Å²) in [6.45, 7) is 6.24. The van der Waals surface area contributed by atoms with Crippen LogP contribution in [0.25, 0.3) is 0 Å². The molecule has 0 aliphatic heterocycles. The number of rotatable bonds is 10. The summed E-state index contributed by atoms with van der Waals surface area (Å²) in [5.41, 5.74) is 1.87. The molecule has 3 aromatic rings. The van der Waals surface area contributed by atoms with Crippen molar-refractivity contribution >= 4 is 45.7 Å². The zero-order valence-corrected chi connectivity index (χ0v) is 18.1. The lowest BCUT2D eigenvalue weighted by atomic mass is 10.1. The number of hydrogen-bond donors (Lipinski definition) is 2. The topological polar surface area (TPSA) is 102 Å². The third kappa shape index (κ3) is 5.77. The van der Waals surface area contributed by atoms with Crippen LogP contribution in [0.5, 0.6) is 0 Å². The van der Waals surface area contributed by atoms with Gasteiger partial charge < -0.3 is 15.2 Å². The van der Waals surface area contributed by atoms with Crippen LogP contribution in [0.2, 0.25) is 0 Å². The van der Waals surface area contributed by atoms with Crippen LogP contribution in [0.4, 0.5) is 10.8 Å². The Hall–Kier alpha value is -2.98. The average molecular weight is 443 g/mol. The molecule has 3 rings (SSSR count). The highest BCUT2D eigenvalue weighted by Crippen LogP contribution is 2.20. The molecule has 0 saturated heterocycles. The van der Waals surface area contributed by atoms with Gasteiger partial charge in [-0.15, -0.1) is 28.1 Å². The molecule has 30 heavy (non-hydrogen) atoms. The average Bonchev–Trinajstić information content (AvgIpc) is 3.37. The SMILES string of the molecule is C=CCn1c(CC(=O)Nc2ccccc2CC)nnc1SCC(=O)Nc1nccs1. The number of para-hydroxylation sites is 1. The fraction of sp³-hybridized carbons (Fsp3) is 0.250. The van der Waals surface area contributed by atoms with Crippen molar-refractivity contribution in [2.75, 3.05) is 16.4 Å². The maximum absolute atomic E-state index is 12.6. The summed E-state index contributed by atoms with van der Waals surface area (Å²) in [5, 5.41) is 16.9. The van der Waals surface area contributed by atoms with Crippen LogP contribution in [0.3, 0.4) is 0 Å². The summed E-state index contributed by atoms with van der Waals surface area (Å²) < 4.78 is 1.79. The van der Waals surface area contributed by atoms with E-state index < -0.39 is 0 Å². The van der Waals surface area contributed by atoms with E-state index in [0.29, 0.717) is 22.7 Å². The third-order valence-electron chi connectivity index (χ3n) is 4.11. The number of hydrogen-bond acceptors (Lipinski definition) is 7. The molecule has 0 fully saturated rings. The van der Waals surface area contributed by atoms with E-state index in [1.807, 2.05) is 31.2 Å². The van der Waals surface area contributed by atoms with E-state index in [0.717, 1.165) is 17.7 Å². The molecule has 0 unspecified atom stereocenters. The quantitative estimate of drug-likeness (QED) is 0.369. The van der Waals surface area contributed by atoms with Gasteiger partial charge in [0.15, 0.2) is 10.3 Å². The normalized spacial score (nSPS) is 10.6. The Labute approximate surface area is 182 Å². The maximum atomic E-state index is 12.6. The first-order valence-corrected chi connectivity index (χ1v) is 11.2. The molecule has 0 atom stereocenters. The number of carbonyl (C=O) groups excluding carboxylic acids is 2. The van der Waals surface area contributed by atoms with Crippen LogP contribution in [-0.2, 0) is 29.0 Å². The number of thioether (sulfide) groups is 1. The van der Waals surface area contributed by atoms with Gasteiger partial charge in [-0.1, -0.05) is 43.0 Å². The van der Waals surface area contributed by atoms with E-state index in [-0.39, 0.29) is 24.0 Å². The first kappa shape index (κ1) is 21.7. The standard InChI is InChI=1S/C20H22N6O2S2/c1-3-10-26-16(12-17(27)22-15-8-6-5-7-14(15)4-2)24-25-20(26)30-13-18(28)23-19-21-9-11-29-19/h3,5-9,11H,1,4,10,12-13H2,2H3,(H,22,27)(H,21,23,28). The number of thiazole rings is 1. The van der Waals surface area contributed by atoms with Crippen LogP contribution >= 0.6 is 23.1 Å². The van der Waals surface area contributed by atoms with Gasteiger partial charge in [0, 0.05) is 23.8 Å². The molecule has 0 bridgehead atoms. The van der Waals surface area contributed by atoms with Gasteiger partial charge in [-0.25, -0.2) is 4.98 Å². The van der Waals surface area contributed by atoms with Crippen molar-refractivity contribution in [3.8, 4) is 0 Å². The number of amides is 2.